The molecule has 0 fully saturated rings. The molecule has 1 nitrogen and oxygen atoms in total. The fourth-order valence-electron chi connectivity index (χ4n) is 0. The van der Waals surface area contributed by atoms with Crippen LogP contribution in [0.25, 0.3) is 0 Å². The molecule has 0 radical (unpaired) electrons. The first-order valence-corrected chi connectivity index (χ1v) is 5.40. The molecule has 0 aliphatic heterocycles. The van der Waals surface area contributed by atoms with Gasteiger partial charge < -0.3 is 5.48 Å². The molecule has 2 heteroatoms. The molecule has 0 unspecified atom stereocenters. The van der Waals surface area contributed by atoms with Gasteiger partial charge in [-0.05, 0) is 0 Å². The number of rotatable bonds is 1. The van der Waals surface area contributed by atoms with Crippen LogP contribution in [0.3, 0.4) is 0 Å². The molecule has 0 spiro atoms. The molecule has 0 aromatic heterocycles. The Balaban J connectivity index is 0. The Morgan fingerprint density at radius 2 is 1.50 bits per heavy atom. The summed E-state index contributed by atoms with van der Waals surface area (Å²) in [7, 11) is 0. The highest BCUT2D eigenvalue weighted by Crippen LogP contribution is 1.83. The van der Waals surface area contributed by atoms with Crippen LogP contribution >= 0.6 is 0 Å². The second-order valence-electron chi connectivity index (χ2n) is 1.80. The van der Waals surface area contributed by atoms with E-state index in [1.807, 2.05) is 0 Å². The Morgan fingerprint density at radius 1 is 1.33 bits per heavy atom. The number of hydrogen-bond acceptors (Lipinski definition) is 0. The zero-order valence-electron chi connectivity index (χ0n) is 4.78. The molecular formula is C4H13AlO. The van der Waals surface area contributed by atoms with Crippen LogP contribution in [-0.2, 0) is 0 Å². The van der Waals surface area contributed by atoms with Gasteiger partial charge in [-0.1, -0.05) is 12.2 Å². The molecule has 0 rings (SSSR count). The Kier molecular flexibility index (Phi) is 8.88. The van der Waals surface area contributed by atoms with E-state index in [2.05, 4.69) is 18.5 Å². The first kappa shape index (κ1) is 9.70. The molecular weight excluding hydrogens is 91.0 g/mol. The third-order valence-corrected chi connectivity index (χ3v) is 2.45. The van der Waals surface area contributed by atoms with Gasteiger partial charge in [-0.2, -0.15) is 0 Å². The van der Waals surface area contributed by atoms with Crippen LogP contribution in [0, 0.1) is 0 Å². The van der Waals surface area contributed by atoms with Gasteiger partial charge in [0.2, 0.25) is 0 Å². The molecule has 0 aromatic rings. The molecule has 2 N–H and O–H groups in total. The molecule has 0 aliphatic rings. The monoisotopic (exact) mass is 104 g/mol. The van der Waals surface area contributed by atoms with Gasteiger partial charge in [0, 0.05) is 0 Å². The maximum Gasteiger partial charge on any atom is 0.254 e. The molecule has 0 heterocycles. The normalized spacial score (nSPS) is 6.50. The van der Waals surface area contributed by atoms with Gasteiger partial charge in [0.1, 0.15) is 0 Å². The predicted molar refractivity (Wildman–Crippen MR) is 31.6 cm³/mol. The summed E-state index contributed by atoms with van der Waals surface area (Å²) < 4.78 is 0. The van der Waals surface area contributed by atoms with E-state index in [0.29, 0.717) is 0 Å². The van der Waals surface area contributed by atoms with Gasteiger partial charge in [0.25, 0.3) is 14.1 Å². The van der Waals surface area contributed by atoms with E-state index in [4.69, 9.17) is 0 Å². The second kappa shape index (κ2) is 5.49. The summed E-state index contributed by atoms with van der Waals surface area (Å²) in [6.45, 7) is 2.26. The highest BCUT2D eigenvalue weighted by Gasteiger charge is 1.91. The lowest BCUT2D eigenvalue weighted by Crippen LogP contribution is -1.92. The maximum absolute atomic E-state index is 2.36. The first-order chi connectivity index (χ1) is 2.27. The molecule has 0 atom stereocenters. The van der Waals surface area contributed by atoms with Gasteiger partial charge in [-0.25, -0.2) is 0 Å². The molecule has 0 saturated carbocycles. The van der Waals surface area contributed by atoms with Crippen molar-refractivity contribution in [2.75, 3.05) is 0 Å². The summed E-state index contributed by atoms with van der Waals surface area (Å²) >= 11 is -0.150. The summed E-state index contributed by atoms with van der Waals surface area (Å²) in [5.41, 5.74) is 0. The summed E-state index contributed by atoms with van der Waals surface area (Å²) in [6, 6.07) is 0. The van der Waals surface area contributed by atoms with E-state index in [0.717, 1.165) is 0 Å². The number of hydrogen-bond donors (Lipinski definition) is 0. The van der Waals surface area contributed by atoms with Crippen LogP contribution in [-0.4, -0.2) is 19.6 Å². The fourth-order valence-corrected chi connectivity index (χ4v) is 0. The van der Waals surface area contributed by atoms with E-state index < -0.39 is 0 Å². The van der Waals surface area contributed by atoms with Crippen molar-refractivity contribution < 1.29 is 5.48 Å². The van der Waals surface area contributed by atoms with Gasteiger partial charge >= 0.3 is 0 Å². The van der Waals surface area contributed by atoms with Gasteiger partial charge in [0.05, 0.1) is 0 Å². The third-order valence-electron chi connectivity index (χ3n) is 0.816. The highest BCUT2D eigenvalue weighted by molar-refractivity contribution is 6.55. The fraction of sp³-hybridized carbons (Fsp3) is 1.00. The second-order valence-corrected chi connectivity index (χ2v) is 5.41. The van der Waals surface area contributed by atoms with Crippen molar-refractivity contribution in [2.24, 2.45) is 0 Å². The Hall–Kier alpha value is 0.492. The van der Waals surface area contributed by atoms with E-state index in [9.17, 15) is 0 Å². The van der Waals surface area contributed by atoms with Crippen LogP contribution in [0.4, 0.5) is 0 Å². The van der Waals surface area contributed by atoms with Crippen molar-refractivity contribution >= 4 is 14.1 Å². The lowest BCUT2D eigenvalue weighted by atomic mass is 11.0. The Bertz CT molecular complexity index is 21.5. The molecule has 38 valence electrons. The van der Waals surface area contributed by atoms with E-state index in [1.165, 1.54) is 5.28 Å². The topological polar surface area (TPSA) is 31.5 Å². The molecule has 0 amide bonds. The van der Waals surface area contributed by atoms with Crippen LogP contribution in [0.1, 0.15) is 6.92 Å². The Morgan fingerprint density at radius 3 is 1.50 bits per heavy atom. The molecule has 0 aliphatic carbocycles. The van der Waals surface area contributed by atoms with E-state index in [-0.39, 0.29) is 19.6 Å². The van der Waals surface area contributed by atoms with Gasteiger partial charge in [0.15, 0.2) is 0 Å². The average molecular weight is 104 g/mol. The van der Waals surface area contributed by atoms with Crippen molar-refractivity contribution in [1.82, 2.24) is 0 Å². The predicted octanol–water partition coefficient (Wildman–Crippen LogP) is 0.936. The minimum atomic E-state index is -0.150. The zero-order chi connectivity index (χ0) is 4.28. The summed E-state index contributed by atoms with van der Waals surface area (Å²) in [4.78, 5) is 0. The first-order valence-electron chi connectivity index (χ1n) is 2.27. The van der Waals surface area contributed by atoms with Crippen LogP contribution < -0.4 is 0 Å². The van der Waals surface area contributed by atoms with Gasteiger partial charge in [-0.3, -0.25) is 0 Å². The SMILES string of the molecule is C[CH2][Al]([CH3])[CH3].O. The third kappa shape index (κ3) is 8.82. The van der Waals surface area contributed by atoms with Crippen LogP contribution in [0.5, 0.6) is 0 Å². The van der Waals surface area contributed by atoms with Crippen molar-refractivity contribution in [1.29, 1.82) is 0 Å². The maximum atomic E-state index is 2.36. The zero-order valence-corrected chi connectivity index (χ0v) is 5.94. The standard InChI is InChI=1S/C2H5.2CH3.Al.H2O/c1-2;;;;/h1H2,2H3;2*1H3;;1H2. The minimum absolute atomic E-state index is 0. The lowest BCUT2D eigenvalue weighted by molar-refractivity contribution is 0.824. The molecule has 0 saturated heterocycles. The van der Waals surface area contributed by atoms with Crippen LogP contribution in [0.15, 0.2) is 0 Å². The minimum Gasteiger partial charge on any atom is -0.412 e. The van der Waals surface area contributed by atoms with Crippen molar-refractivity contribution in [3.63, 3.8) is 0 Å². The van der Waals surface area contributed by atoms with Crippen LogP contribution in [0.2, 0.25) is 16.9 Å². The Labute approximate surface area is 44.1 Å². The van der Waals surface area contributed by atoms with Crippen molar-refractivity contribution in [3.8, 4) is 0 Å². The summed E-state index contributed by atoms with van der Waals surface area (Å²) in [6.07, 6.45) is 0. The van der Waals surface area contributed by atoms with Gasteiger partial charge in [-0.15, -0.1) is 11.6 Å². The molecule has 6 heavy (non-hydrogen) atoms. The van der Waals surface area contributed by atoms with E-state index >= 15 is 0 Å². The summed E-state index contributed by atoms with van der Waals surface area (Å²) in [5.74, 6) is 4.72. The highest BCUT2D eigenvalue weighted by atomic mass is 27.2. The van der Waals surface area contributed by atoms with Crippen molar-refractivity contribution in [3.05, 3.63) is 0 Å². The van der Waals surface area contributed by atoms with Crippen molar-refractivity contribution in [2.45, 2.75) is 23.8 Å². The smallest absolute Gasteiger partial charge is 0.254 e. The molecule has 0 aromatic carbocycles. The largest absolute Gasteiger partial charge is 0.412 e. The molecule has 0 bridgehead atoms. The lowest BCUT2D eigenvalue weighted by Gasteiger charge is -1.81. The average Bonchev–Trinajstić information content (AvgIpc) is 1.38. The summed E-state index contributed by atoms with van der Waals surface area (Å²) in [5, 5.41) is 1.44. The van der Waals surface area contributed by atoms with E-state index in [1.54, 1.807) is 0 Å². The quantitative estimate of drug-likeness (QED) is 0.443.